The number of benzene rings is 2. The Morgan fingerprint density at radius 1 is 0.917 bits per heavy atom. The fraction of sp³-hybridized carbons (Fsp3) is 0.300. The topological polar surface area (TPSA) is 58.2 Å². The number of anilines is 1. The number of rotatable bonds is 5. The zero-order valence-corrected chi connectivity index (χ0v) is 14.0. The third kappa shape index (κ3) is 3.65. The fourth-order valence-electron chi connectivity index (χ4n) is 2.92. The first kappa shape index (κ1) is 16.2. The normalized spacial score (nSPS) is 18.8. The van der Waals surface area contributed by atoms with Gasteiger partial charge in [-0.25, -0.2) is 0 Å². The van der Waals surface area contributed by atoms with Gasteiger partial charge in [0.05, 0.1) is 11.8 Å². The minimum absolute atomic E-state index is 0.0412. The van der Waals surface area contributed by atoms with Crippen molar-refractivity contribution in [2.75, 3.05) is 5.32 Å². The average Bonchev–Trinajstić information content (AvgIpc) is 3.38. The Labute approximate surface area is 142 Å². The van der Waals surface area contributed by atoms with E-state index in [4.69, 9.17) is 0 Å². The van der Waals surface area contributed by atoms with E-state index in [2.05, 4.69) is 10.6 Å². The second kappa shape index (κ2) is 6.87. The minimum Gasteiger partial charge on any atom is -0.352 e. The third-order valence-electron chi connectivity index (χ3n) is 4.50. The first-order valence-electron chi connectivity index (χ1n) is 8.25. The smallest absolute Gasteiger partial charge is 0.228 e. The van der Waals surface area contributed by atoms with Gasteiger partial charge in [-0.3, -0.25) is 9.59 Å². The summed E-state index contributed by atoms with van der Waals surface area (Å²) >= 11 is 0. The fourth-order valence-corrected chi connectivity index (χ4v) is 2.92. The van der Waals surface area contributed by atoms with Crippen molar-refractivity contribution in [1.82, 2.24) is 5.32 Å². The van der Waals surface area contributed by atoms with Crippen LogP contribution in [0.5, 0.6) is 0 Å². The Hall–Kier alpha value is -2.62. The summed E-state index contributed by atoms with van der Waals surface area (Å²) < 4.78 is 0. The zero-order chi connectivity index (χ0) is 17.1. The van der Waals surface area contributed by atoms with E-state index in [1.165, 1.54) is 0 Å². The minimum atomic E-state index is -0.222. The molecule has 3 rings (SSSR count). The van der Waals surface area contributed by atoms with E-state index in [-0.39, 0.29) is 23.7 Å². The molecule has 0 aliphatic heterocycles. The molecule has 2 unspecified atom stereocenters. The maximum Gasteiger partial charge on any atom is 0.228 e. The lowest BCUT2D eigenvalue weighted by molar-refractivity contribution is -0.125. The van der Waals surface area contributed by atoms with Crippen LogP contribution in [0.15, 0.2) is 48.5 Å². The lowest BCUT2D eigenvalue weighted by Gasteiger charge is -2.11. The largest absolute Gasteiger partial charge is 0.352 e. The van der Waals surface area contributed by atoms with E-state index in [0.29, 0.717) is 13.0 Å². The number of hydrogen-bond acceptors (Lipinski definition) is 2. The maximum atomic E-state index is 12.4. The van der Waals surface area contributed by atoms with E-state index in [0.717, 1.165) is 22.4 Å². The van der Waals surface area contributed by atoms with E-state index >= 15 is 0 Å². The van der Waals surface area contributed by atoms with E-state index in [9.17, 15) is 9.59 Å². The van der Waals surface area contributed by atoms with Crippen LogP contribution in [0.25, 0.3) is 0 Å². The van der Waals surface area contributed by atoms with Gasteiger partial charge in [0.15, 0.2) is 0 Å². The number of amides is 2. The highest BCUT2D eigenvalue weighted by molar-refractivity contribution is 6.00. The molecule has 24 heavy (non-hydrogen) atoms. The molecule has 124 valence electrons. The summed E-state index contributed by atoms with van der Waals surface area (Å²) in [6.07, 6.45) is 0.622. The van der Waals surface area contributed by atoms with Gasteiger partial charge in [-0.05, 0) is 37.0 Å². The Kier molecular flexibility index (Phi) is 4.65. The number of nitrogens with one attached hydrogen (secondary N) is 2. The van der Waals surface area contributed by atoms with Gasteiger partial charge in [-0.15, -0.1) is 0 Å². The standard InChI is InChI=1S/C20H22N2O2/c1-13-7-6-8-14(2)18(13)22-20(24)17-11-16(17)19(23)21-12-15-9-4-3-5-10-15/h3-10,16-17H,11-12H2,1-2H3,(H,21,23)(H,22,24). The van der Waals surface area contributed by atoms with Crippen molar-refractivity contribution in [1.29, 1.82) is 0 Å². The molecule has 0 aromatic heterocycles. The van der Waals surface area contributed by atoms with Gasteiger partial charge in [0.2, 0.25) is 11.8 Å². The molecular formula is C20H22N2O2. The summed E-state index contributed by atoms with van der Waals surface area (Å²) in [6, 6.07) is 15.7. The van der Waals surface area contributed by atoms with Gasteiger partial charge in [0.1, 0.15) is 0 Å². The summed E-state index contributed by atoms with van der Waals surface area (Å²) in [5.74, 6) is -0.536. The first-order valence-corrected chi connectivity index (χ1v) is 8.25. The van der Waals surface area contributed by atoms with Crippen molar-refractivity contribution >= 4 is 17.5 Å². The molecule has 2 atom stereocenters. The molecule has 0 radical (unpaired) electrons. The molecule has 4 nitrogen and oxygen atoms in total. The van der Waals surface area contributed by atoms with Crippen LogP contribution in [-0.2, 0) is 16.1 Å². The number of carbonyl (C=O) groups is 2. The van der Waals surface area contributed by atoms with Crippen molar-refractivity contribution < 1.29 is 9.59 Å². The van der Waals surface area contributed by atoms with Gasteiger partial charge in [0, 0.05) is 12.2 Å². The summed E-state index contributed by atoms with van der Waals surface area (Å²) in [5.41, 5.74) is 3.99. The second-order valence-corrected chi connectivity index (χ2v) is 6.41. The van der Waals surface area contributed by atoms with Crippen molar-refractivity contribution in [3.8, 4) is 0 Å². The van der Waals surface area contributed by atoms with Crippen LogP contribution in [0, 0.1) is 25.7 Å². The van der Waals surface area contributed by atoms with Crippen molar-refractivity contribution in [2.45, 2.75) is 26.8 Å². The molecule has 1 fully saturated rings. The van der Waals surface area contributed by atoms with E-state index < -0.39 is 0 Å². The van der Waals surface area contributed by atoms with Crippen molar-refractivity contribution in [3.63, 3.8) is 0 Å². The van der Waals surface area contributed by atoms with Crippen LogP contribution in [0.3, 0.4) is 0 Å². The Morgan fingerprint density at radius 2 is 1.54 bits per heavy atom. The molecule has 2 aromatic rings. The molecule has 0 saturated heterocycles. The molecule has 1 aliphatic carbocycles. The molecule has 1 aliphatic rings. The second-order valence-electron chi connectivity index (χ2n) is 6.41. The lowest BCUT2D eigenvalue weighted by Crippen LogP contribution is -2.27. The van der Waals surface area contributed by atoms with E-state index in [1.54, 1.807) is 0 Å². The highest BCUT2D eigenvalue weighted by Gasteiger charge is 2.48. The Balaban J connectivity index is 1.53. The molecule has 0 heterocycles. The van der Waals surface area contributed by atoms with Gasteiger partial charge in [-0.2, -0.15) is 0 Å². The Bertz CT molecular complexity index is 735. The van der Waals surface area contributed by atoms with Gasteiger partial charge in [-0.1, -0.05) is 48.5 Å². The number of hydrogen-bond donors (Lipinski definition) is 2. The molecule has 0 spiro atoms. The first-order chi connectivity index (χ1) is 11.6. The summed E-state index contributed by atoms with van der Waals surface area (Å²) in [6.45, 7) is 4.44. The molecule has 2 N–H and O–H groups in total. The van der Waals surface area contributed by atoms with Crippen molar-refractivity contribution in [3.05, 3.63) is 65.2 Å². The maximum absolute atomic E-state index is 12.4. The predicted octanol–water partition coefficient (Wildman–Crippen LogP) is 3.19. The van der Waals surface area contributed by atoms with Crippen molar-refractivity contribution in [2.24, 2.45) is 11.8 Å². The summed E-state index contributed by atoms with van der Waals surface area (Å²) in [7, 11) is 0. The van der Waals surface area contributed by atoms with Crippen LogP contribution < -0.4 is 10.6 Å². The molecule has 4 heteroatoms. The monoisotopic (exact) mass is 322 g/mol. The Morgan fingerprint density at radius 3 is 2.21 bits per heavy atom. The average molecular weight is 322 g/mol. The third-order valence-corrected chi connectivity index (χ3v) is 4.50. The highest BCUT2D eigenvalue weighted by Crippen LogP contribution is 2.40. The van der Waals surface area contributed by atoms with E-state index in [1.807, 2.05) is 62.4 Å². The number of aryl methyl sites for hydroxylation is 2. The molecule has 2 aromatic carbocycles. The molecule has 0 bridgehead atoms. The van der Waals surface area contributed by atoms with Crippen LogP contribution in [0.1, 0.15) is 23.1 Å². The SMILES string of the molecule is Cc1cccc(C)c1NC(=O)C1CC1C(=O)NCc1ccccc1. The quantitative estimate of drug-likeness (QED) is 0.888. The summed E-state index contributed by atoms with van der Waals surface area (Å²) in [5, 5.41) is 5.89. The van der Waals surface area contributed by atoms with Crippen LogP contribution in [0.4, 0.5) is 5.69 Å². The lowest BCUT2D eigenvalue weighted by atomic mass is 10.1. The zero-order valence-electron chi connectivity index (χ0n) is 14.0. The number of carbonyl (C=O) groups excluding carboxylic acids is 2. The number of para-hydroxylation sites is 1. The predicted molar refractivity (Wildman–Crippen MR) is 94.4 cm³/mol. The van der Waals surface area contributed by atoms with Crippen LogP contribution >= 0.6 is 0 Å². The molecule has 1 saturated carbocycles. The van der Waals surface area contributed by atoms with Crippen LogP contribution in [0.2, 0.25) is 0 Å². The van der Waals surface area contributed by atoms with Gasteiger partial charge >= 0.3 is 0 Å². The van der Waals surface area contributed by atoms with Crippen LogP contribution in [-0.4, -0.2) is 11.8 Å². The molecule has 2 amide bonds. The van der Waals surface area contributed by atoms with Gasteiger partial charge < -0.3 is 10.6 Å². The molecular weight excluding hydrogens is 300 g/mol. The summed E-state index contributed by atoms with van der Waals surface area (Å²) in [4.78, 5) is 24.6. The van der Waals surface area contributed by atoms with Gasteiger partial charge in [0.25, 0.3) is 0 Å². The highest BCUT2D eigenvalue weighted by atomic mass is 16.2.